The van der Waals surface area contributed by atoms with Gasteiger partial charge in [0.15, 0.2) is 0 Å². The van der Waals surface area contributed by atoms with Gasteiger partial charge in [-0.05, 0) is 24.3 Å². The van der Waals surface area contributed by atoms with Crippen LogP contribution in [0.3, 0.4) is 0 Å². The van der Waals surface area contributed by atoms with Crippen molar-refractivity contribution >= 4 is 5.97 Å². The van der Waals surface area contributed by atoms with E-state index in [9.17, 15) is 4.79 Å². The fraction of sp³-hybridized carbons (Fsp3) is 0.583. The Labute approximate surface area is 85.3 Å². The van der Waals surface area contributed by atoms with Crippen LogP contribution in [0, 0.1) is 29.6 Å². The lowest BCUT2D eigenvalue weighted by Crippen LogP contribution is -2.10. The quantitative estimate of drug-likeness (QED) is 0.505. The van der Waals surface area contributed by atoms with Gasteiger partial charge >= 0.3 is 5.97 Å². The Morgan fingerprint density at radius 1 is 1.64 bits per heavy atom. The van der Waals surface area contributed by atoms with Gasteiger partial charge in [-0.2, -0.15) is 0 Å². The number of terminal acetylenes is 1. The molecular formula is C12H16O2. The van der Waals surface area contributed by atoms with E-state index >= 15 is 0 Å². The maximum absolute atomic E-state index is 11.5. The molecule has 0 saturated heterocycles. The maximum Gasteiger partial charge on any atom is 0.310 e. The number of hydrogen-bond donors (Lipinski definition) is 0. The third-order valence-corrected chi connectivity index (χ3v) is 2.85. The summed E-state index contributed by atoms with van der Waals surface area (Å²) in [7, 11) is 0. The number of allylic oxidation sites excluding steroid dienone is 2. The van der Waals surface area contributed by atoms with Gasteiger partial charge in [-0.1, -0.05) is 25.8 Å². The van der Waals surface area contributed by atoms with Crippen LogP contribution in [0.25, 0.3) is 0 Å². The third-order valence-electron chi connectivity index (χ3n) is 2.85. The number of carbonyl (C=O) groups excluding carboxylic acids is 1. The molecule has 0 heterocycles. The largest absolute Gasteiger partial charge is 0.466 e. The maximum atomic E-state index is 11.5. The normalized spacial score (nSPS) is 28.4. The van der Waals surface area contributed by atoms with E-state index in [0.717, 1.165) is 0 Å². The zero-order valence-corrected chi connectivity index (χ0v) is 8.91. The highest BCUT2D eigenvalue weighted by atomic mass is 16.5. The van der Waals surface area contributed by atoms with Gasteiger partial charge in [0.1, 0.15) is 0 Å². The molecule has 1 saturated carbocycles. The number of rotatable bonds is 3. The molecule has 0 aromatic heterocycles. The van der Waals surface area contributed by atoms with E-state index in [-0.39, 0.29) is 23.2 Å². The lowest BCUT2D eigenvalue weighted by atomic mass is 10.1. The van der Waals surface area contributed by atoms with Crippen molar-refractivity contribution in [3.63, 3.8) is 0 Å². The lowest BCUT2D eigenvalue weighted by Gasteiger charge is -2.01. The monoisotopic (exact) mass is 192 g/mol. The first kappa shape index (κ1) is 10.8. The van der Waals surface area contributed by atoms with Gasteiger partial charge in [0.2, 0.25) is 0 Å². The zero-order valence-electron chi connectivity index (χ0n) is 8.91. The second-order valence-corrected chi connectivity index (χ2v) is 4.10. The Morgan fingerprint density at radius 2 is 2.29 bits per heavy atom. The average Bonchev–Trinajstić information content (AvgIpc) is 2.65. The van der Waals surface area contributed by atoms with Gasteiger partial charge in [0.25, 0.3) is 0 Å². The Morgan fingerprint density at radius 3 is 2.79 bits per heavy atom. The summed E-state index contributed by atoms with van der Waals surface area (Å²) in [5.41, 5.74) is -0.000394. The first-order chi connectivity index (χ1) is 6.55. The van der Waals surface area contributed by atoms with Crippen LogP contribution in [-0.2, 0) is 9.53 Å². The molecule has 0 spiro atoms. The summed E-state index contributed by atoms with van der Waals surface area (Å²) in [6.07, 6.45) is 8.70. The van der Waals surface area contributed by atoms with Crippen molar-refractivity contribution in [3.8, 4) is 12.3 Å². The molecule has 2 unspecified atom stereocenters. The first-order valence-electron chi connectivity index (χ1n) is 4.85. The van der Waals surface area contributed by atoms with Crippen LogP contribution in [0.2, 0.25) is 0 Å². The van der Waals surface area contributed by atoms with Crippen LogP contribution in [0.4, 0.5) is 0 Å². The van der Waals surface area contributed by atoms with Gasteiger partial charge in [-0.3, -0.25) is 4.79 Å². The number of hydrogen-bond acceptors (Lipinski definition) is 2. The summed E-state index contributed by atoms with van der Waals surface area (Å²) in [6, 6.07) is 0. The Balaban J connectivity index is 2.62. The van der Waals surface area contributed by atoms with E-state index in [1.807, 2.05) is 13.0 Å². The number of ether oxygens (including phenoxy) is 1. The van der Waals surface area contributed by atoms with Crippen LogP contribution in [0.1, 0.15) is 20.8 Å². The zero-order chi connectivity index (χ0) is 10.8. The van der Waals surface area contributed by atoms with E-state index in [2.05, 4.69) is 19.8 Å². The minimum Gasteiger partial charge on any atom is -0.466 e. The molecule has 2 heteroatoms. The summed E-state index contributed by atoms with van der Waals surface area (Å²) in [4.78, 5) is 11.5. The predicted octanol–water partition coefficient (Wildman–Crippen LogP) is 2.01. The van der Waals surface area contributed by atoms with Crippen LogP contribution in [0.15, 0.2) is 12.2 Å². The molecule has 0 aromatic carbocycles. The van der Waals surface area contributed by atoms with Gasteiger partial charge in [-0.25, -0.2) is 0 Å². The Hall–Kier alpha value is -1.23. The van der Waals surface area contributed by atoms with Crippen molar-refractivity contribution in [2.24, 2.45) is 17.3 Å². The summed E-state index contributed by atoms with van der Waals surface area (Å²) in [5, 5.41) is 0. The number of carbonyl (C=O) groups is 1. The molecule has 1 rings (SSSR count). The molecule has 0 radical (unpaired) electrons. The molecule has 2 nitrogen and oxygen atoms in total. The first-order valence-corrected chi connectivity index (χ1v) is 4.85. The second-order valence-electron chi connectivity index (χ2n) is 4.10. The van der Waals surface area contributed by atoms with E-state index in [4.69, 9.17) is 11.2 Å². The highest BCUT2D eigenvalue weighted by molar-refractivity contribution is 5.78. The minimum absolute atomic E-state index is 0.000394. The van der Waals surface area contributed by atoms with Crippen molar-refractivity contribution in [2.75, 3.05) is 6.61 Å². The fourth-order valence-corrected chi connectivity index (χ4v) is 1.88. The van der Waals surface area contributed by atoms with Gasteiger partial charge < -0.3 is 4.74 Å². The average molecular weight is 192 g/mol. The van der Waals surface area contributed by atoms with Crippen LogP contribution in [-0.4, -0.2) is 12.6 Å². The highest BCUT2D eigenvalue weighted by Gasteiger charge is 2.61. The van der Waals surface area contributed by atoms with Crippen LogP contribution >= 0.6 is 0 Å². The molecule has 0 bridgehead atoms. The van der Waals surface area contributed by atoms with E-state index in [1.54, 1.807) is 6.08 Å². The van der Waals surface area contributed by atoms with Gasteiger partial charge in [0, 0.05) is 0 Å². The molecule has 1 aliphatic rings. The van der Waals surface area contributed by atoms with Crippen molar-refractivity contribution < 1.29 is 9.53 Å². The summed E-state index contributed by atoms with van der Waals surface area (Å²) < 4.78 is 4.99. The van der Waals surface area contributed by atoms with Crippen molar-refractivity contribution in [3.05, 3.63) is 12.2 Å². The Kier molecular flexibility index (Phi) is 3.00. The summed E-state index contributed by atoms with van der Waals surface area (Å²) in [6.45, 7) is 6.37. The molecule has 0 N–H and O–H groups in total. The fourth-order valence-electron chi connectivity index (χ4n) is 1.88. The topological polar surface area (TPSA) is 26.3 Å². The second kappa shape index (κ2) is 3.88. The molecule has 2 atom stereocenters. The van der Waals surface area contributed by atoms with E-state index < -0.39 is 0 Å². The molecule has 76 valence electrons. The van der Waals surface area contributed by atoms with E-state index in [0.29, 0.717) is 6.61 Å². The minimum atomic E-state index is -0.107. The number of esters is 1. The molecule has 14 heavy (non-hydrogen) atoms. The van der Waals surface area contributed by atoms with Crippen LogP contribution in [0.5, 0.6) is 0 Å². The molecule has 0 aromatic rings. The molecule has 1 aliphatic carbocycles. The lowest BCUT2D eigenvalue weighted by molar-refractivity contribution is -0.145. The summed E-state index contributed by atoms with van der Waals surface area (Å²) in [5.74, 6) is 2.54. The van der Waals surface area contributed by atoms with Crippen molar-refractivity contribution in [1.82, 2.24) is 0 Å². The van der Waals surface area contributed by atoms with E-state index in [1.165, 1.54) is 0 Å². The van der Waals surface area contributed by atoms with Crippen molar-refractivity contribution in [2.45, 2.75) is 20.8 Å². The SMILES string of the molecule is C#CC=CC1C(C(=O)OCC)C1(C)C. The molecule has 0 amide bonds. The molecule has 0 aliphatic heterocycles. The standard InChI is InChI=1S/C12H16O2/c1-5-7-8-9-10(12(9,3)4)11(13)14-6-2/h1,7-10H,6H2,2-4H3. The third kappa shape index (κ3) is 1.82. The Bertz CT molecular complexity index is 294. The molecular weight excluding hydrogens is 176 g/mol. The molecule has 1 fully saturated rings. The summed E-state index contributed by atoms with van der Waals surface area (Å²) >= 11 is 0. The van der Waals surface area contributed by atoms with Gasteiger partial charge in [0.05, 0.1) is 12.5 Å². The van der Waals surface area contributed by atoms with Gasteiger partial charge in [-0.15, -0.1) is 6.42 Å². The highest BCUT2D eigenvalue weighted by Crippen LogP contribution is 2.59. The predicted molar refractivity (Wildman–Crippen MR) is 55.4 cm³/mol. The van der Waals surface area contributed by atoms with Crippen LogP contribution < -0.4 is 0 Å². The van der Waals surface area contributed by atoms with Crippen molar-refractivity contribution in [1.29, 1.82) is 0 Å². The smallest absolute Gasteiger partial charge is 0.310 e.